The first kappa shape index (κ1) is 11.6. The van der Waals surface area contributed by atoms with Crippen LogP contribution in [-0.4, -0.2) is 29.9 Å². The van der Waals surface area contributed by atoms with Gasteiger partial charge in [0.25, 0.3) is 0 Å². The van der Waals surface area contributed by atoms with Gasteiger partial charge in [0.05, 0.1) is 0 Å². The quantitative estimate of drug-likeness (QED) is 0.677. The van der Waals surface area contributed by atoms with Gasteiger partial charge in [-0.25, -0.2) is 9.79 Å². The number of rotatable bonds is 3. The summed E-state index contributed by atoms with van der Waals surface area (Å²) in [7, 11) is 0. The summed E-state index contributed by atoms with van der Waals surface area (Å²) in [5.74, 6) is 1.33. The van der Waals surface area contributed by atoms with Crippen molar-refractivity contribution in [3.05, 3.63) is 0 Å². The van der Waals surface area contributed by atoms with Crippen molar-refractivity contribution in [2.45, 2.75) is 33.2 Å². The summed E-state index contributed by atoms with van der Waals surface area (Å²) in [5.41, 5.74) is -0.163. The Balaban J connectivity index is 2.62. The summed E-state index contributed by atoms with van der Waals surface area (Å²) in [6, 6.07) is -0.267. The molecule has 0 bridgehead atoms. The molecule has 0 saturated carbocycles. The Labute approximate surface area is 89.3 Å². The molecule has 0 saturated heterocycles. The minimum atomic E-state index is -0.267. The van der Waals surface area contributed by atoms with Crippen LogP contribution in [0.3, 0.4) is 0 Å². The zero-order valence-electron chi connectivity index (χ0n) is 9.16. The van der Waals surface area contributed by atoms with E-state index in [1.54, 1.807) is 11.8 Å². The van der Waals surface area contributed by atoms with Gasteiger partial charge in [0.1, 0.15) is 0 Å². The van der Waals surface area contributed by atoms with E-state index in [2.05, 4.69) is 4.99 Å². The Morgan fingerprint density at radius 1 is 1.50 bits per heavy atom. The fraction of sp³-hybridized carbons (Fsp3) is 0.800. The molecule has 4 heteroatoms. The van der Waals surface area contributed by atoms with E-state index in [0.717, 1.165) is 12.2 Å². The summed E-state index contributed by atoms with van der Waals surface area (Å²) in [6.45, 7) is 5.99. The first-order chi connectivity index (χ1) is 6.45. The van der Waals surface area contributed by atoms with Gasteiger partial charge in [0.2, 0.25) is 0 Å². The maximum Gasteiger partial charge on any atom is 0.337 e. The lowest BCUT2D eigenvalue weighted by atomic mass is 9.97. The SMILES string of the molecule is CSCC[C@@H]1N=C(C(C)(C)C)OC1=O. The predicted octanol–water partition coefficient (Wildman–Crippen LogP) is 2.11. The molecule has 0 radical (unpaired) electrons. The Bertz CT molecular complexity index is 255. The van der Waals surface area contributed by atoms with Crippen molar-refractivity contribution in [2.75, 3.05) is 12.0 Å². The van der Waals surface area contributed by atoms with Gasteiger partial charge in [-0.05, 0) is 18.4 Å². The zero-order valence-corrected chi connectivity index (χ0v) is 9.98. The number of carbonyl (C=O) groups excluding carboxylic acids is 1. The molecule has 1 rings (SSSR count). The van der Waals surface area contributed by atoms with Gasteiger partial charge in [-0.1, -0.05) is 20.8 Å². The van der Waals surface area contributed by atoms with Crippen molar-refractivity contribution in [3.8, 4) is 0 Å². The molecule has 0 aromatic heterocycles. The molecule has 0 aliphatic carbocycles. The van der Waals surface area contributed by atoms with E-state index in [4.69, 9.17) is 4.74 Å². The van der Waals surface area contributed by atoms with Crippen LogP contribution in [0.15, 0.2) is 4.99 Å². The number of cyclic esters (lactones) is 1. The van der Waals surface area contributed by atoms with E-state index in [1.165, 1.54) is 0 Å². The normalized spacial score (nSPS) is 22.1. The number of nitrogens with zero attached hydrogens (tertiary/aromatic N) is 1. The van der Waals surface area contributed by atoms with Crippen LogP contribution in [-0.2, 0) is 9.53 Å². The van der Waals surface area contributed by atoms with E-state index < -0.39 is 0 Å². The van der Waals surface area contributed by atoms with Crippen molar-refractivity contribution in [3.63, 3.8) is 0 Å². The lowest BCUT2D eigenvalue weighted by molar-refractivity contribution is -0.135. The van der Waals surface area contributed by atoms with E-state index in [1.807, 2.05) is 27.0 Å². The van der Waals surface area contributed by atoms with Crippen molar-refractivity contribution in [1.29, 1.82) is 0 Å². The monoisotopic (exact) mass is 215 g/mol. The summed E-state index contributed by atoms with van der Waals surface area (Å²) in [5, 5.41) is 0. The largest absolute Gasteiger partial charge is 0.410 e. The highest BCUT2D eigenvalue weighted by molar-refractivity contribution is 7.98. The third kappa shape index (κ3) is 2.74. The number of ether oxygens (including phenoxy) is 1. The van der Waals surface area contributed by atoms with Crippen molar-refractivity contribution in [1.82, 2.24) is 0 Å². The smallest absolute Gasteiger partial charge is 0.337 e. The highest BCUT2D eigenvalue weighted by Crippen LogP contribution is 2.24. The lowest BCUT2D eigenvalue weighted by Gasteiger charge is -2.15. The van der Waals surface area contributed by atoms with Crippen LogP contribution in [0.5, 0.6) is 0 Å². The Morgan fingerprint density at radius 3 is 2.57 bits per heavy atom. The molecule has 0 fully saturated rings. The standard InChI is InChI=1S/C10H17NO2S/c1-10(2,3)9-11-7(5-6-14-4)8(12)13-9/h7H,5-6H2,1-4H3/t7-/m0/s1. The van der Waals surface area contributed by atoms with Crippen LogP contribution in [0.1, 0.15) is 27.2 Å². The Hall–Kier alpha value is -0.510. The van der Waals surface area contributed by atoms with Gasteiger partial charge >= 0.3 is 5.97 Å². The highest BCUT2D eigenvalue weighted by Gasteiger charge is 2.34. The number of aliphatic imine (C=N–C) groups is 1. The van der Waals surface area contributed by atoms with Crippen LogP contribution in [0.25, 0.3) is 0 Å². The first-order valence-electron chi connectivity index (χ1n) is 4.74. The van der Waals surface area contributed by atoms with E-state index in [0.29, 0.717) is 5.90 Å². The third-order valence-electron chi connectivity index (χ3n) is 1.98. The molecule has 0 spiro atoms. The molecular weight excluding hydrogens is 198 g/mol. The number of carbonyl (C=O) groups is 1. The van der Waals surface area contributed by atoms with E-state index in [9.17, 15) is 4.79 Å². The molecule has 1 heterocycles. The number of hydrogen-bond donors (Lipinski definition) is 0. The second kappa shape index (κ2) is 4.34. The number of esters is 1. The van der Waals surface area contributed by atoms with Gasteiger partial charge in [-0.2, -0.15) is 11.8 Å². The van der Waals surface area contributed by atoms with Crippen molar-refractivity contribution in [2.24, 2.45) is 10.4 Å². The summed E-state index contributed by atoms with van der Waals surface area (Å²) in [4.78, 5) is 15.7. The molecule has 0 aromatic rings. The highest BCUT2D eigenvalue weighted by atomic mass is 32.2. The minimum Gasteiger partial charge on any atom is -0.410 e. The van der Waals surface area contributed by atoms with Gasteiger partial charge in [-0.15, -0.1) is 0 Å². The predicted molar refractivity (Wildman–Crippen MR) is 59.8 cm³/mol. The molecule has 0 unspecified atom stereocenters. The second-order valence-corrected chi connectivity index (χ2v) is 5.39. The van der Waals surface area contributed by atoms with Gasteiger partial charge in [0, 0.05) is 5.41 Å². The lowest BCUT2D eigenvalue weighted by Crippen LogP contribution is -2.22. The zero-order chi connectivity index (χ0) is 10.8. The van der Waals surface area contributed by atoms with Crippen molar-refractivity contribution < 1.29 is 9.53 Å². The average molecular weight is 215 g/mol. The summed E-state index contributed by atoms with van der Waals surface area (Å²) in [6.07, 6.45) is 2.80. The molecule has 0 N–H and O–H groups in total. The van der Waals surface area contributed by atoms with Crippen molar-refractivity contribution >= 4 is 23.6 Å². The Morgan fingerprint density at radius 2 is 2.14 bits per heavy atom. The number of thioether (sulfide) groups is 1. The fourth-order valence-electron chi connectivity index (χ4n) is 1.14. The molecule has 1 aliphatic rings. The first-order valence-corrected chi connectivity index (χ1v) is 6.13. The van der Waals surface area contributed by atoms with Gasteiger partial charge in [-0.3, -0.25) is 0 Å². The molecule has 3 nitrogen and oxygen atoms in total. The molecule has 1 atom stereocenters. The van der Waals surface area contributed by atoms with Gasteiger partial charge in [0.15, 0.2) is 11.9 Å². The maximum absolute atomic E-state index is 11.4. The van der Waals surface area contributed by atoms with Crippen LogP contribution < -0.4 is 0 Å². The summed E-state index contributed by atoms with van der Waals surface area (Å²) < 4.78 is 5.14. The summed E-state index contributed by atoms with van der Waals surface area (Å²) >= 11 is 1.72. The van der Waals surface area contributed by atoms with Crippen LogP contribution >= 0.6 is 11.8 Å². The van der Waals surface area contributed by atoms with Crippen LogP contribution in [0.4, 0.5) is 0 Å². The molecule has 0 aromatic carbocycles. The molecule has 1 aliphatic heterocycles. The Kier molecular flexibility index (Phi) is 3.59. The third-order valence-corrected chi connectivity index (χ3v) is 2.62. The molecule has 80 valence electrons. The minimum absolute atomic E-state index is 0.163. The van der Waals surface area contributed by atoms with Gasteiger partial charge < -0.3 is 4.74 Å². The maximum atomic E-state index is 11.4. The second-order valence-electron chi connectivity index (χ2n) is 4.40. The molecular formula is C10H17NO2S. The average Bonchev–Trinajstić information content (AvgIpc) is 2.43. The fourth-order valence-corrected chi connectivity index (χ4v) is 1.60. The van der Waals surface area contributed by atoms with Crippen LogP contribution in [0.2, 0.25) is 0 Å². The molecule has 0 amide bonds. The molecule has 14 heavy (non-hydrogen) atoms. The van der Waals surface area contributed by atoms with E-state index in [-0.39, 0.29) is 17.4 Å². The van der Waals surface area contributed by atoms with E-state index >= 15 is 0 Å². The van der Waals surface area contributed by atoms with Crippen LogP contribution in [0, 0.1) is 5.41 Å². The number of hydrogen-bond acceptors (Lipinski definition) is 4. The topological polar surface area (TPSA) is 38.7 Å².